The quantitative estimate of drug-likeness (QED) is 0.847. The van der Waals surface area contributed by atoms with Crippen LogP contribution in [0.2, 0.25) is 0 Å². The zero-order valence-electron chi connectivity index (χ0n) is 9.96. The average molecular weight is 268 g/mol. The number of aryl methyl sites for hydroxylation is 1. The van der Waals surface area contributed by atoms with E-state index in [1.54, 1.807) is 23.1 Å². The molecule has 2 rings (SSSR count). The third kappa shape index (κ3) is 3.01. The summed E-state index contributed by atoms with van der Waals surface area (Å²) in [6.07, 6.45) is 1.05. The highest BCUT2D eigenvalue weighted by molar-refractivity contribution is 7.99. The predicted octanol–water partition coefficient (Wildman–Crippen LogP) is 2.84. The van der Waals surface area contributed by atoms with Gasteiger partial charge in [-0.05, 0) is 42.7 Å². The summed E-state index contributed by atoms with van der Waals surface area (Å²) in [4.78, 5) is 0. The second-order valence-corrected chi connectivity index (χ2v) is 5.88. The van der Waals surface area contributed by atoms with Gasteiger partial charge in [-0.3, -0.25) is 4.57 Å². The van der Waals surface area contributed by atoms with Gasteiger partial charge in [0.15, 0.2) is 5.16 Å². The molecule has 0 fully saturated rings. The molecule has 0 unspecified atom stereocenters. The minimum absolute atomic E-state index is 0.300. The van der Waals surface area contributed by atoms with E-state index in [1.807, 2.05) is 4.57 Å². The maximum absolute atomic E-state index is 5.79. The molecule has 17 heavy (non-hydrogen) atoms. The first-order valence-corrected chi connectivity index (χ1v) is 7.45. The Morgan fingerprint density at radius 3 is 2.94 bits per heavy atom. The lowest BCUT2D eigenvalue weighted by atomic mass is 10.3. The number of nitrogen functional groups attached to an aromatic ring is 1. The Kier molecular flexibility index (Phi) is 4.06. The van der Waals surface area contributed by atoms with Gasteiger partial charge in [0, 0.05) is 11.8 Å². The largest absolute Gasteiger partial charge is 0.368 e. The number of nitrogens with zero attached hydrogens (tertiary/aromatic N) is 3. The normalized spacial score (nSPS) is 11.2. The van der Waals surface area contributed by atoms with Gasteiger partial charge in [-0.1, -0.05) is 11.8 Å². The maximum atomic E-state index is 5.79. The zero-order valence-corrected chi connectivity index (χ0v) is 11.6. The third-order valence-electron chi connectivity index (χ3n) is 2.41. The lowest BCUT2D eigenvalue weighted by Crippen LogP contribution is -2.07. The van der Waals surface area contributed by atoms with E-state index in [1.165, 1.54) is 5.56 Å². The Morgan fingerprint density at radius 2 is 2.29 bits per heavy atom. The molecule has 2 aromatic rings. The van der Waals surface area contributed by atoms with Crippen molar-refractivity contribution < 1.29 is 0 Å². The second kappa shape index (κ2) is 5.55. The van der Waals surface area contributed by atoms with Crippen LogP contribution in [0.3, 0.4) is 0 Å². The molecule has 6 heteroatoms. The first-order chi connectivity index (χ1) is 8.18. The fourth-order valence-electron chi connectivity index (χ4n) is 1.57. The SMILES string of the molecule is CC(C)n1c(N)nnc1SCCc1ccsc1. The van der Waals surface area contributed by atoms with Crippen LogP contribution >= 0.6 is 23.1 Å². The van der Waals surface area contributed by atoms with Gasteiger partial charge in [-0.25, -0.2) is 0 Å². The summed E-state index contributed by atoms with van der Waals surface area (Å²) in [7, 11) is 0. The van der Waals surface area contributed by atoms with Crippen LogP contribution in [0.1, 0.15) is 25.5 Å². The molecule has 4 nitrogen and oxygen atoms in total. The fourth-order valence-corrected chi connectivity index (χ4v) is 3.33. The molecule has 0 aliphatic heterocycles. The molecule has 0 atom stereocenters. The van der Waals surface area contributed by atoms with Crippen molar-refractivity contribution in [3.05, 3.63) is 22.4 Å². The number of aromatic nitrogens is 3. The lowest BCUT2D eigenvalue weighted by molar-refractivity contribution is 0.557. The van der Waals surface area contributed by atoms with E-state index in [-0.39, 0.29) is 0 Å². The summed E-state index contributed by atoms with van der Waals surface area (Å²) in [6, 6.07) is 2.46. The van der Waals surface area contributed by atoms with Crippen molar-refractivity contribution in [2.24, 2.45) is 0 Å². The molecule has 0 aliphatic rings. The molecule has 92 valence electrons. The number of rotatable bonds is 5. The Balaban J connectivity index is 1.95. The molecule has 0 bridgehead atoms. The van der Waals surface area contributed by atoms with Gasteiger partial charge in [0.05, 0.1) is 0 Å². The van der Waals surface area contributed by atoms with Crippen LogP contribution in [0.15, 0.2) is 22.0 Å². The van der Waals surface area contributed by atoms with Crippen LogP contribution in [-0.2, 0) is 6.42 Å². The van der Waals surface area contributed by atoms with Crippen molar-refractivity contribution in [1.29, 1.82) is 0 Å². The minimum Gasteiger partial charge on any atom is -0.368 e. The summed E-state index contributed by atoms with van der Waals surface area (Å²) in [6.45, 7) is 4.17. The number of anilines is 1. The summed E-state index contributed by atoms with van der Waals surface area (Å²) < 4.78 is 1.97. The van der Waals surface area contributed by atoms with E-state index in [2.05, 4.69) is 40.9 Å². The molecule has 0 saturated carbocycles. The Labute approximate surface area is 109 Å². The van der Waals surface area contributed by atoms with Gasteiger partial charge in [-0.15, -0.1) is 10.2 Å². The number of thiophene rings is 1. The standard InChI is InChI=1S/C11H16N4S2/c1-8(2)15-10(12)13-14-11(15)17-6-4-9-3-5-16-7-9/h3,5,7-8H,4,6H2,1-2H3,(H2,12,13). The van der Waals surface area contributed by atoms with Crippen molar-refractivity contribution >= 4 is 29.0 Å². The van der Waals surface area contributed by atoms with Crippen LogP contribution in [0.5, 0.6) is 0 Å². The van der Waals surface area contributed by atoms with Gasteiger partial charge >= 0.3 is 0 Å². The third-order valence-corrected chi connectivity index (χ3v) is 4.09. The van der Waals surface area contributed by atoms with Gasteiger partial charge in [0.2, 0.25) is 5.95 Å². The highest BCUT2D eigenvalue weighted by Gasteiger charge is 2.12. The lowest BCUT2D eigenvalue weighted by Gasteiger charge is -2.10. The van der Waals surface area contributed by atoms with E-state index >= 15 is 0 Å². The average Bonchev–Trinajstić information content (AvgIpc) is 2.88. The van der Waals surface area contributed by atoms with Crippen molar-refractivity contribution in [3.63, 3.8) is 0 Å². The fraction of sp³-hybridized carbons (Fsp3) is 0.455. The Morgan fingerprint density at radius 1 is 1.47 bits per heavy atom. The molecule has 0 radical (unpaired) electrons. The maximum Gasteiger partial charge on any atom is 0.222 e. The summed E-state index contributed by atoms with van der Waals surface area (Å²) in [5.74, 6) is 1.50. The number of thioether (sulfide) groups is 1. The van der Waals surface area contributed by atoms with E-state index in [0.717, 1.165) is 17.3 Å². The van der Waals surface area contributed by atoms with E-state index in [9.17, 15) is 0 Å². The van der Waals surface area contributed by atoms with Crippen LogP contribution in [0.25, 0.3) is 0 Å². The van der Waals surface area contributed by atoms with E-state index < -0.39 is 0 Å². The van der Waals surface area contributed by atoms with Gasteiger partial charge < -0.3 is 5.73 Å². The molecule has 0 spiro atoms. The molecule has 2 heterocycles. The van der Waals surface area contributed by atoms with Crippen LogP contribution < -0.4 is 5.73 Å². The van der Waals surface area contributed by atoms with Crippen molar-refractivity contribution in [1.82, 2.24) is 14.8 Å². The summed E-state index contributed by atoms with van der Waals surface area (Å²) >= 11 is 3.44. The predicted molar refractivity (Wildman–Crippen MR) is 73.6 cm³/mol. The molecule has 0 aromatic carbocycles. The Hall–Kier alpha value is -1.01. The van der Waals surface area contributed by atoms with Gasteiger partial charge in [0.25, 0.3) is 0 Å². The minimum atomic E-state index is 0.300. The molecular weight excluding hydrogens is 252 g/mol. The topological polar surface area (TPSA) is 56.7 Å². The molecule has 0 aliphatic carbocycles. The van der Waals surface area contributed by atoms with Crippen LogP contribution in [0.4, 0.5) is 5.95 Å². The number of hydrogen-bond donors (Lipinski definition) is 1. The molecule has 0 saturated heterocycles. The smallest absolute Gasteiger partial charge is 0.222 e. The first kappa shape index (κ1) is 12.4. The molecular formula is C11H16N4S2. The zero-order chi connectivity index (χ0) is 12.3. The summed E-state index contributed by atoms with van der Waals surface area (Å²) in [5, 5.41) is 13.2. The van der Waals surface area contributed by atoms with Gasteiger partial charge in [0.1, 0.15) is 0 Å². The molecule has 0 amide bonds. The monoisotopic (exact) mass is 268 g/mol. The summed E-state index contributed by atoms with van der Waals surface area (Å²) in [5.41, 5.74) is 7.17. The Bertz CT molecular complexity index is 462. The van der Waals surface area contributed by atoms with E-state index in [0.29, 0.717) is 12.0 Å². The van der Waals surface area contributed by atoms with Gasteiger partial charge in [-0.2, -0.15) is 11.3 Å². The molecule has 2 aromatic heterocycles. The van der Waals surface area contributed by atoms with Crippen LogP contribution in [0, 0.1) is 0 Å². The first-order valence-electron chi connectivity index (χ1n) is 5.52. The number of hydrogen-bond acceptors (Lipinski definition) is 5. The highest BCUT2D eigenvalue weighted by atomic mass is 32.2. The molecule has 2 N–H and O–H groups in total. The van der Waals surface area contributed by atoms with Crippen LogP contribution in [-0.4, -0.2) is 20.5 Å². The second-order valence-electron chi connectivity index (χ2n) is 4.03. The van der Waals surface area contributed by atoms with E-state index in [4.69, 9.17) is 5.73 Å². The van der Waals surface area contributed by atoms with Crippen molar-refractivity contribution in [2.45, 2.75) is 31.5 Å². The highest BCUT2D eigenvalue weighted by Crippen LogP contribution is 2.23. The van der Waals surface area contributed by atoms with Crippen molar-refractivity contribution in [3.8, 4) is 0 Å². The van der Waals surface area contributed by atoms with Crippen molar-refractivity contribution in [2.75, 3.05) is 11.5 Å². The number of nitrogens with two attached hydrogens (primary N) is 1.